The van der Waals surface area contributed by atoms with Gasteiger partial charge in [-0.1, -0.05) is 35.9 Å². The van der Waals surface area contributed by atoms with Crippen LogP contribution in [0.2, 0.25) is 5.02 Å². The zero-order chi connectivity index (χ0) is 14.8. The molecule has 0 aliphatic carbocycles. The van der Waals surface area contributed by atoms with Gasteiger partial charge in [-0.05, 0) is 30.7 Å². The highest BCUT2D eigenvalue weighted by Crippen LogP contribution is 2.35. The minimum absolute atomic E-state index is 0.404. The predicted octanol–water partition coefficient (Wildman–Crippen LogP) is 3.78. The number of fused-ring (bicyclic) bond motifs is 1. The van der Waals surface area contributed by atoms with Gasteiger partial charge in [-0.2, -0.15) is 0 Å². The molecule has 1 heterocycles. The first-order valence-corrected chi connectivity index (χ1v) is 7.38. The van der Waals surface area contributed by atoms with Gasteiger partial charge in [-0.25, -0.2) is 0 Å². The summed E-state index contributed by atoms with van der Waals surface area (Å²) < 4.78 is 11.4. The molecule has 0 amide bonds. The summed E-state index contributed by atoms with van der Waals surface area (Å²) in [5.41, 5.74) is 1.92. The van der Waals surface area contributed by atoms with Gasteiger partial charge >= 0.3 is 0 Å². The van der Waals surface area contributed by atoms with Crippen molar-refractivity contribution in [2.75, 3.05) is 6.61 Å². The minimum Gasteiger partial charge on any atom is -0.493 e. The van der Waals surface area contributed by atoms with Crippen LogP contribution in [0, 0.1) is 0 Å². The molecule has 0 saturated heterocycles. The Morgan fingerprint density at radius 1 is 1.24 bits per heavy atom. The van der Waals surface area contributed by atoms with Crippen molar-refractivity contribution in [1.82, 2.24) is 0 Å². The fraction of sp³-hybridized carbons (Fsp3) is 0.294. The van der Waals surface area contributed by atoms with E-state index in [1.54, 1.807) is 12.1 Å². The standard InChI is InChI=1S/C17H17ClO3/c1-11(21-14-6-3-5-13(18)10-14)16(19)15-7-2-4-12-8-9-20-17(12)15/h2-7,10-11,16,19H,8-9H2,1H3. The number of ether oxygens (including phenoxy) is 2. The lowest BCUT2D eigenvalue weighted by atomic mass is 10.0. The van der Waals surface area contributed by atoms with Crippen LogP contribution in [-0.2, 0) is 6.42 Å². The summed E-state index contributed by atoms with van der Waals surface area (Å²) in [7, 11) is 0. The molecule has 0 saturated carbocycles. The average molecular weight is 305 g/mol. The number of halogens is 1. The maximum absolute atomic E-state index is 10.5. The van der Waals surface area contributed by atoms with Crippen LogP contribution in [0.15, 0.2) is 42.5 Å². The molecule has 3 nitrogen and oxygen atoms in total. The number of para-hydroxylation sites is 1. The van der Waals surface area contributed by atoms with Crippen LogP contribution >= 0.6 is 11.6 Å². The monoisotopic (exact) mass is 304 g/mol. The van der Waals surface area contributed by atoms with E-state index < -0.39 is 12.2 Å². The molecule has 0 fully saturated rings. The molecule has 0 spiro atoms. The van der Waals surface area contributed by atoms with Gasteiger partial charge in [0.1, 0.15) is 23.7 Å². The molecular weight excluding hydrogens is 288 g/mol. The van der Waals surface area contributed by atoms with Gasteiger partial charge in [0.2, 0.25) is 0 Å². The van der Waals surface area contributed by atoms with Gasteiger partial charge in [-0.3, -0.25) is 0 Å². The van der Waals surface area contributed by atoms with Gasteiger partial charge < -0.3 is 14.6 Å². The number of benzene rings is 2. The molecule has 1 aliphatic rings. The summed E-state index contributed by atoms with van der Waals surface area (Å²) in [6.45, 7) is 2.50. The quantitative estimate of drug-likeness (QED) is 0.934. The Hall–Kier alpha value is -1.71. The Kier molecular flexibility index (Phi) is 4.04. The fourth-order valence-corrected chi connectivity index (χ4v) is 2.73. The van der Waals surface area contributed by atoms with Crippen molar-refractivity contribution < 1.29 is 14.6 Å². The highest BCUT2D eigenvalue weighted by Gasteiger charge is 2.25. The van der Waals surface area contributed by atoms with Gasteiger partial charge in [0.05, 0.1) is 6.61 Å². The molecule has 1 N–H and O–H groups in total. The zero-order valence-electron chi connectivity index (χ0n) is 11.8. The second-order valence-corrected chi connectivity index (χ2v) is 5.60. The Bertz CT molecular complexity index is 642. The summed E-state index contributed by atoms with van der Waals surface area (Å²) in [4.78, 5) is 0. The van der Waals surface area contributed by atoms with E-state index in [9.17, 15) is 5.11 Å². The Labute approximate surface area is 129 Å². The third kappa shape index (κ3) is 2.99. The number of aliphatic hydroxyl groups excluding tert-OH is 1. The summed E-state index contributed by atoms with van der Waals surface area (Å²) >= 11 is 5.94. The van der Waals surface area contributed by atoms with Gasteiger partial charge in [0, 0.05) is 17.0 Å². The first-order valence-electron chi connectivity index (χ1n) is 7.00. The highest BCUT2D eigenvalue weighted by atomic mass is 35.5. The topological polar surface area (TPSA) is 38.7 Å². The van der Waals surface area contributed by atoms with Crippen molar-refractivity contribution in [3.8, 4) is 11.5 Å². The fourth-order valence-electron chi connectivity index (χ4n) is 2.55. The Balaban J connectivity index is 1.79. The normalized spacial score (nSPS) is 16.0. The maximum Gasteiger partial charge on any atom is 0.128 e. The van der Waals surface area contributed by atoms with Crippen LogP contribution in [0.4, 0.5) is 0 Å². The summed E-state index contributed by atoms with van der Waals surface area (Å²) in [5, 5.41) is 11.2. The molecule has 21 heavy (non-hydrogen) atoms. The van der Waals surface area contributed by atoms with Crippen LogP contribution in [-0.4, -0.2) is 17.8 Å². The van der Waals surface area contributed by atoms with Crippen LogP contribution in [0.25, 0.3) is 0 Å². The molecule has 110 valence electrons. The van der Waals surface area contributed by atoms with Crippen LogP contribution in [0.5, 0.6) is 11.5 Å². The van der Waals surface area contributed by atoms with Crippen molar-refractivity contribution in [2.24, 2.45) is 0 Å². The molecule has 1 aliphatic heterocycles. The molecule has 2 aromatic carbocycles. The van der Waals surface area contributed by atoms with E-state index in [4.69, 9.17) is 21.1 Å². The molecule has 0 bridgehead atoms. The molecule has 2 unspecified atom stereocenters. The second kappa shape index (κ2) is 5.96. The number of rotatable bonds is 4. The molecule has 2 atom stereocenters. The number of hydrogen-bond donors (Lipinski definition) is 1. The third-order valence-electron chi connectivity index (χ3n) is 3.63. The minimum atomic E-state index is -0.753. The van der Waals surface area contributed by atoms with Crippen molar-refractivity contribution >= 4 is 11.6 Å². The SMILES string of the molecule is CC(Oc1cccc(Cl)c1)C(O)c1cccc2c1OCC2. The van der Waals surface area contributed by atoms with Gasteiger partial charge in [-0.15, -0.1) is 0 Å². The van der Waals surface area contributed by atoms with Crippen LogP contribution in [0.1, 0.15) is 24.2 Å². The second-order valence-electron chi connectivity index (χ2n) is 5.16. The van der Waals surface area contributed by atoms with E-state index in [0.717, 1.165) is 23.3 Å². The van der Waals surface area contributed by atoms with Crippen molar-refractivity contribution in [3.63, 3.8) is 0 Å². The lowest BCUT2D eigenvalue weighted by Gasteiger charge is -2.22. The molecule has 0 aromatic heterocycles. The smallest absolute Gasteiger partial charge is 0.128 e. The summed E-state index contributed by atoms with van der Waals surface area (Å²) in [6, 6.07) is 13.0. The number of aliphatic hydroxyl groups is 1. The van der Waals surface area contributed by atoms with E-state index in [2.05, 4.69) is 0 Å². The molecular formula is C17H17ClO3. The van der Waals surface area contributed by atoms with Crippen LogP contribution in [0.3, 0.4) is 0 Å². The van der Waals surface area contributed by atoms with E-state index >= 15 is 0 Å². The third-order valence-corrected chi connectivity index (χ3v) is 3.86. The maximum atomic E-state index is 10.5. The van der Waals surface area contributed by atoms with Crippen molar-refractivity contribution in [3.05, 3.63) is 58.6 Å². The van der Waals surface area contributed by atoms with E-state index in [0.29, 0.717) is 17.4 Å². The van der Waals surface area contributed by atoms with E-state index in [1.807, 2.05) is 37.3 Å². The Morgan fingerprint density at radius 3 is 2.86 bits per heavy atom. The Morgan fingerprint density at radius 2 is 2.05 bits per heavy atom. The first kappa shape index (κ1) is 14.2. The first-order chi connectivity index (χ1) is 10.1. The van der Waals surface area contributed by atoms with Gasteiger partial charge in [0.25, 0.3) is 0 Å². The molecule has 0 radical (unpaired) electrons. The lowest BCUT2D eigenvalue weighted by Crippen LogP contribution is -2.22. The highest BCUT2D eigenvalue weighted by molar-refractivity contribution is 6.30. The van der Waals surface area contributed by atoms with Crippen molar-refractivity contribution in [2.45, 2.75) is 25.6 Å². The predicted molar refractivity (Wildman–Crippen MR) is 82.1 cm³/mol. The summed E-state index contributed by atoms with van der Waals surface area (Å²) in [5.74, 6) is 1.44. The number of hydrogen-bond acceptors (Lipinski definition) is 3. The molecule has 4 heteroatoms. The summed E-state index contributed by atoms with van der Waals surface area (Å²) in [6.07, 6.45) is -0.268. The average Bonchev–Trinajstić information content (AvgIpc) is 2.94. The van der Waals surface area contributed by atoms with Crippen molar-refractivity contribution in [1.29, 1.82) is 0 Å². The molecule has 2 aromatic rings. The lowest BCUT2D eigenvalue weighted by molar-refractivity contribution is 0.0450. The largest absolute Gasteiger partial charge is 0.493 e. The van der Waals surface area contributed by atoms with E-state index in [1.165, 1.54) is 0 Å². The van der Waals surface area contributed by atoms with E-state index in [-0.39, 0.29) is 0 Å². The molecule has 3 rings (SSSR count). The zero-order valence-corrected chi connectivity index (χ0v) is 12.5. The van der Waals surface area contributed by atoms with Gasteiger partial charge in [0.15, 0.2) is 0 Å². The van der Waals surface area contributed by atoms with Crippen LogP contribution < -0.4 is 9.47 Å².